The van der Waals surface area contributed by atoms with Crippen LogP contribution in [0.2, 0.25) is 12.6 Å². The topological polar surface area (TPSA) is 94.1 Å². The molecule has 1 heterocycles. The lowest BCUT2D eigenvalue weighted by Crippen LogP contribution is -2.15. The molecular formula is C19H17BN2O3. The number of carboxylic acid groups (broad SMARTS) is 1. The highest BCUT2D eigenvalue weighted by Gasteiger charge is 2.30. The molecule has 0 radical (unpaired) electrons. The third-order valence-electron chi connectivity index (χ3n) is 4.09. The van der Waals surface area contributed by atoms with Crippen LogP contribution >= 0.6 is 0 Å². The molecule has 1 saturated heterocycles. The normalized spacial score (nSPS) is 16.6. The number of nitrogens with zero attached hydrogens (tertiary/aromatic N) is 2. The van der Waals surface area contributed by atoms with E-state index in [0.717, 1.165) is 12.7 Å². The van der Waals surface area contributed by atoms with Gasteiger partial charge in [0.2, 0.25) is 0 Å². The summed E-state index contributed by atoms with van der Waals surface area (Å²) in [5.41, 5.74) is 1.43. The Morgan fingerprint density at radius 1 is 1.44 bits per heavy atom. The van der Waals surface area contributed by atoms with Crippen LogP contribution in [0, 0.1) is 22.6 Å². The van der Waals surface area contributed by atoms with Crippen molar-refractivity contribution in [3.8, 4) is 17.8 Å². The molecule has 0 amide bonds. The minimum absolute atomic E-state index is 0.0143. The minimum atomic E-state index is -1.05. The average Bonchev–Trinajstić information content (AvgIpc) is 3.07. The van der Waals surface area contributed by atoms with Crippen LogP contribution < -0.4 is 4.74 Å². The molecule has 0 aromatic heterocycles. The molecule has 1 aromatic carbocycles. The lowest BCUT2D eigenvalue weighted by atomic mass is 9.50. The van der Waals surface area contributed by atoms with Crippen LogP contribution in [0.25, 0.3) is 5.57 Å². The van der Waals surface area contributed by atoms with Gasteiger partial charge >= 0.3 is 5.97 Å². The molecule has 2 rings (SSSR count). The molecule has 5 nitrogen and oxygen atoms in total. The van der Waals surface area contributed by atoms with E-state index >= 15 is 0 Å². The Morgan fingerprint density at radius 3 is 2.76 bits per heavy atom. The van der Waals surface area contributed by atoms with Crippen LogP contribution in [-0.4, -0.2) is 23.9 Å². The molecule has 25 heavy (non-hydrogen) atoms. The monoisotopic (exact) mass is 332 g/mol. The van der Waals surface area contributed by atoms with Gasteiger partial charge in [-0.1, -0.05) is 25.6 Å². The first-order valence-electron chi connectivity index (χ1n) is 7.85. The molecule has 1 unspecified atom stereocenters. The number of aromatic carboxylic acids is 1. The summed E-state index contributed by atoms with van der Waals surface area (Å²) in [5.74, 6) is 1.70. The van der Waals surface area contributed by atoms with Gasteiger partial charge < -0.3 is 9.84 Å². The fraction of sp³-hybridized carbons (Fsp3) is 0.211. The molecule has 0 spiro atoms. The predicted octanol–water partition coefficient (Wildman–Crippen LogP) is 3.74. The number of nitriles is 2. The molecule has 1 atom stereocenters. The molecule has 1 aliphatic heterocycles. The first-order valence-corrected chi connectivity index (χ1v) is 7.85. The van der Waals surface area contributed by atoms with Crippen molar-refractivity contribution in [2.24, 2.45) is 0 Å². The first kappa shape index (κ1) is 18.1. The van der Waals surface area contributed by atoms with Crippen molar-refractivity contribution in [3.63, 3.8) is 0 Å². The molecule has 1 aliphatic rings. The van der Waals surface area contributed by atoms with Gasteiger partial charge in [0, 0.05) is 17.1 Å². The summed E-state index contributed by atoms with van der Waals surface area (Å²) in [4.78, 5) is 11.3. The second kappa shape index (κ2) is 8.03. The summed E-state index contributed by atoms with van der Waals surface area (Å²) in [5, 5.41) is 27.2. The number of allylic oxidation sites excluding steroid dienone is 4. The second-order valence-corrected chi connectivity index (χ2v) is 5.84. The van der Waals surface area contributed by atoms with Gasteiger partial charge in [-0.3, -0.25) is 0 Å². The van der Waals surface area contributed by atoms with E-state index < -0.39 is 5.97 Å². The number of benzene rings is 1. The maximum atomic E-state index is 11.3. The number of carbonyl (C=O) groups is 1. The number of hydrogen-bond acceptors (Lipinski definition) is 4. The zero-order valence-electron chi connectivity index (χ0n) is 13.7. The van der Waals surface area contributed by atoms with Gasteiger partial charge in [0.25, 0.3) is 6.71 Å². The van der Waals surface area contributed by atoms with Crippen LogP contribution in [0.5, 0.6) is 5.75 Å². The van der Waals surface area contributed by atoms with E-state index in [-0.39, 0.29) is 24.0 Å². The standard InChI is InChI=1S/C19H17BN2O3/c1-3-14(8-13(2)11-21)17-9-15(19(23)24)4-5-18(17)25-16-6-7-20(10-16)12-22/h3-5,8-9,16H,1-2,6-7,10H2,(H,23,24)/b14-8+. The summed E-state index contributed by atoms with van der Waals surface area (Å²) < 4.78 is 6.03. The molecule has 0 aliphatic carbocycles. The lowest BCUT2D eigenvalue weighted by Gasteiger charge is -2.18. The smallest absolute Gasteiger partial charge is 0.335 e. The Balaban J connectivity index is 2.42. The highest BCUT2D eigenvalue weighted by Crippen LogP contribution is 2.33. The van der Waals surface area contributed by atoms with Crippen LogP contribution in [0.4, 0.5) is 0 Å². The summed E-state index contributed by atoms with van der Waals surface area (Å²) in [6.07, 6.45) is 5.19. The van der Waals surface area contributed by atoms with Gasteiger partial charge in [0.05, 0.1) is 17.7 Å². The van der Waals surface area contributed by atoms with Crippen LogP contribution in [0.15, 0.2) is 49.1 Å². The number of rotatable bonds is 6. The van der Waals surface area contributed by atoms with E-state index in [0.29, 0.717) is 23.2 Å². The number of ether oxygens (including phenoxy) is 1. The van der Waals surface area contributed by atoms with E-state index in [9.17, 15) is 9.90 Å². The van der Waals surface area contributed by atoms with Gasteiger partial charge in [-0.2, -0.15) is 5.26 Å². The molecule has 1 aromatic rings. The van der Waals surface area contributed by atoms with Crippen molar-refractivity contribution in [2.45, 2.75) is 25.2 Å². The molecule has 0 bridgehead atoms. The highest BCUT2D eigenvalue weighted by atomic mass is 16.5. The minimum Gasteiger partial charge on any atom is -0.490 e. The molecule has 1 N–H and O–H groups in total. The molecule has 124 valence electrons. The lowest BCUT2D eigenvalue weighted by molar-refractivity contribution is 0.0697. The van der Waals surface area contributed by atoms with E-state index in [1.165, 1.54) is 24.3 Å². The van der Waals surface area contributed by atoms with Crippen LogP contribution in [0.1, 0.15) is 22.3 Å². The fourth-order valence-electron chi connectivity index (χ4n) is 2.80. The molecule has 1 fully saturated rings. The maximum Gasteiger partial charge on any atom is 0.335 e. The Bertz CT molecular complexity index is 830. The van der Waals surface area contributed by atoms with Gasteiger partial charge in [-0.05, 0) is 42.6 Å². The summed E-state index contributed by atoms with van der Waals surface area (Å²) in [6, 6.07) is 6.50. The zero-order valence-corrected chi connectivity index (χ0v) is 13.7. The largest absolute Gasteiger partial charge is 0.490 e. The molecule has 0 saturated carbocycles. The third kappa shape index (κ3) is 4.40. The number of carboxylic acids is 1. The number of hydrogen-bond donors (Lipinski definition) is 1. The van der Waals surface area contributed by atoms with Gasteiger partial charge in [-0.15, -0.1) is 0 Å². The van der Waals surface area contributed by atoms with Crippen molar-refractivity contribution >= 4 is 18.3 Å². The predicted molar refractivity (Wildman–Crippen MR) is 96.3 cm³/mol. The summed E-state index contributed by atoms with van der Waals surface area (Å²) in [7, 11) is 0. The van der Waals surface area contributed by atoms with Crippen LogP contribution in [-0.2, 0) is 0 Å². The molecular weight excluding hydrogens is 315 g/mol. The Hall–Kier alpha value is -3.25. The zero-order chi connectivity index (χ0) is 18.4. The maximum absolute atomic E-state index is 11.3. The van der Waals surface area contributed by atoms with E-state index in [1.54, 1.807) is 6.07 Å². The SMILES string of the molecule is C=C/C(=C\C(=C)C#N)c1cc(C(=O)O)ccc1OC1CCB(C#N)C1. The van der Waals surface area contributed by atoms with Gasteiger partial charge in [-0.25, -0.2) is 10.1 Å². The van der Waals surface area contributed by atoms with Crippen molar-refractivity contribution < 1.29 is 14.6 Å². The summed E-state index contributed by atoms with van der Waals surface area (Å²) in [6.45, 7) is 7.34. The fourth-order valence-corrected chi connectivity index (χ4v) is 2.80. The van der Waals surface area contributed by atoms with Gasteiger partial charge in [0.15, 0.2) is 0 Å². The van der Waals surface area contributed by atoms with E-state index in [2.05, 4.69) is 19.1 Å². The Kier molecular flexibility index (Phi) is 5.82. The quantitative estimate of drug-likeness (QED) is 0.486. The Labute approximate surface area is 147 Å². The van der Waals surface area contributed by atoms with Crippen molar-refractivity contribution in [2.75, 3.05) is 0 Å². The average molecular weight is 332 g/mol. The first-order chi connectivity index (χ1) is 12.0. The Morgan fingerprint density at radius 2 is 2.20 bits per heavy atom. The van der Waals surface area contributed by atoms with Crippen LogP contribution in [0.3, 0.4) is 0 Å². The van der Waals surface area contributed by atoms with Gasteiger partial charge in [0.1, 0.15) is 5.75 Å². The van der Waals surface area contributed by atoms with E-state index in [4.69, 9.17) is 15.3 Å². The van der Waals surface area contributed by atoms with Crippen molar-refractivity contribution in [3.05, 3.63) is 60.2 Å². The van der Waals surface area contributed by atoms with E-state index in [1.807, 2.05) is 6.07 Å². The second-order valence-electron chi connectivity index (χ2n) is 5.84. The molecule has 6 heteroatoms. The van der Waals surface area contributed by atoms with Crippen molar-refractivity contribution in [1.82, 2.24) is 0 Å². The third-order valence-corrected chi connectivity index (χ3v) is 4.09. The summed E-state index contributed by atoms with van der Waals surface area (Å²) >= 11 is 0. The highest BCUT2D eigenvalue weighted by molar-refractivity contribution is 6.67. The van der Waals surface area contributed by atoms with Crippen molar-refractivity contribution in [1.29, 1.82) is 10.5 Å².